The summed E-state index contributed by atoms with van der Waals surface area (Å²) in [5.41, 5.74) is 2.77. The first kappa shape index (κ1) is 43.6. The van der Waals surface area contributed by atoms with Gasteiger partial charge in [0.05, 0.1) is 51.6 Å². The highest BCUT2D eigenvalue weighted by atomic mass is 35.5. The smallest absolute Gasteiger partial charge is 0.240 e. The zero-order valence-corrected chi connectivity index (χ0v) is 38.1. The minimum absolute atomic E-state index is 0.134. The van der Waals surface area contributed by atoms with Gasteiger partial charge in [-0.3, -0.25) is 19.1 Å². The third-order valence-electron chi connectivity index (χ3n) is 12.8. The molecule has 0 unspecified atom stereocenters. The van der Waals surface area contributed by atoms with Gasteiger partial charge in [-0.1, -0.05) is 68.1 Å². The van der Waals surface area contributed by atoms with Crippen molar-refractivity contribution in [3.8, 4) is 22.2 Å². The zero-order valence-electron chi connectivity index (χ0n) is 34.9. The number of ether oxygens (including phenoxy) is 2. The molecule has 2 aromatic carbocycles. The van der Waals surface area contributed by atoms with Crippen LogP contribution < -0.4 is 14.2 Å². The Labute approximate surface area is 371 Å². The first-order valence-electron chi connectivity index (χ1n) is 21.3. The third kappa shape index (κ3) is 9.22. The summed E-state index contributed by atoms with van der Waals surface area (Å²) in [5.74, 6) is -0.407. The fraction of sp³-hybridized carbons (Fsp3) is 0.500. The van der Waals surface area contributed by atoms with Crippen LogP contribution in [0.1, 0.15) is 101 Å². The van der Waals surface area contributed by atoms with E-state index in [1.54, 1.807) is 24.1 Å². The Kier molecular flexibility index (Phi) is 12.6. The van der Waals surface area contributed by atoms with E-state index in [1.165, 1.54) is 11.3 Å². The van der Waals surface area contributed by atoms with Gasteiger partial charge in [0.1, 0.15) is 28.3 Å². The molecule has 15 heteroatoms. The number of rotatable bonds is 10. The number of carbonyl (C=O) groups is 3. The van der Waals surface area contributed by atoms with Crippen LogP contribution in [0.25, 0.3) is 21.6 Å². The Balaban J connectivity index is 1.16. The van der Waals surface area contributed by atoms with Gasteiger partial charge in [0, 0.05) is 41.2 Å². The molecule has 3 fully saturated rings. The fourth-order valence-electron chi connectivity index (χ4n) is 8.93. The molecule has 4 aliphatic rings. The van der Waals surface area contributed by atoms with Crippen molar-refractivity contribution in [2.24, 2.45) is 17.3 Å². The van der Waals surface area contributed by atoms with Gasteiger partial charge in [0.25, 0.3) is 0 Å². The van der Waals surface area contributed by atoms with Gasteiger partial charge in [0.2, 0.25) is 21.8 Å². The van der Waals surface area contributed by atoms with Crippen molar-refractivity contribution in [2.75, 3.05) is 13.7 Å². The molecule has 2 saturated carbocycles. The van der Waals surface area contributed by atoms with Crippen LogP contribution in [0.5, 0.6) is 11.5 Å². The molecular formula is C46H52Cl2N4O7S2. The van der Waals surface area contributed by atoms with Crippen molar-refractivity contribution in [2.45, 2.75) is 115 Å². The fourth-order valence-corrected chi connectivity index (χ4v) is 11.6. The number of hydrogen-bond donors (Lipinski definition) is 1. The number of nitrogens with one attached hydrogen (secondary N) is 1. The van der Waals surface area contributed by atoms with Crippen LogP contribution >= 0.6 is 34.5 Å². The van der Waals surface area contributed by atoms with Gasteiger partial charge >= 0.3 is 0 Å². The van der Waals surface area contributed by atoms with Crippen molar-refractivity contribution in [3.05, 3.63) is 80.8 Å². The molecule has 5 atom stereocenters. The number of amides is 2. The summed E-state index contributed by atoms with van der Waals surface area (Å²) in [7, 11) is -2.23. The maximum atomic E-state index is 15.0. The number of aryl methyl sites for hydroxylation is 1. The molecule has 0 radical (unpaired) electrons. The summed E-state index contributed by atoms with van der Waals surface area (Å²) in [4.78, 5) is 55.4. The topological polar surface area (TPSA) is 145 Å². The number of pyridine rings is 1. The Morgan fingerprint density at radius 3 is 2.56 bits per heavy atom. The average molecular weight is 908 g/mol. The van der Waals surface area contributed by atoms with Gasteiger partial charge in [0.15, 0.2) is 5.78 Å². The Morgan fingerprint density at radius 2 is 1.84 bits per heavy atom. The first-order valence-corrected chi connectivity index (χ1v) is 24.5. The number of halogens is 2. The summed E-state index contributed by atoms with van der Waals surface area (Å²) in [6.45, 7) is 6.27. The second kappa shape index (κ2) is 17.6. The molecule has 0 spiro atoms. The van der Waals surface area contributed by atoms with E-state index in [2.05, 4.69) is 18.6 Å². The molecule has 2 amide bonds. The van der Waals surface area contributed by atoms with Crippen LogP contribution in [-0.2, 0) is 30.8 Å². The molecule has 0 bridgehead atoms. The molecule has 2 aromatic heterocycles. The predicted octanol–water partition coefficient (Wildman–Crippen LogP) is 9.41. The highest BCUT2D eigenvalue weighted by molar-refractivity contribution is 7.90. The Hall–Kier alpha value is -4.04. The molecule has 4 aromatic rings. The highest BCUT2D eigenvalue weighted by Crippen LogP contribution is 2.57. The minimum Gasteiger partial charge on any atom is -0.496 e. The lowest BCUT2D eigenvalue weighted by Gasteiger charge is -2.29. The van der Waals surface area contributed by atoms with E-state index >= 15 is 4.79 Å². The van der Waals surface area contributed by atoms with Crippen molar-refractivity contribution >= 4 is 73.1 Å². The average Bonchev–Trinajstić information content (AvgIpc) is 4.10. The Morgan fingerprint density at radius 1 is 1.03 bits per heavy atom. The standard InChI is InChI=1S/C46H52Cl2N4O7S2/c1-26(2)37-25-60-43(50-37)36-21-41(33-15-17-40(58-4)27(3)42(33)49-36)59-31-20-38-39(53)23-46(45(55)51-61(56,57)32-13-14-32)22-30(46)11-9-7-5-6-8-10-29(44(54)52(38)24-31)18-28-12-16-34(47)35(48)19-28/h9,11-12,15-17,19,21,25-26,29-32,38H,5-8,10,13-14,18,20,22-24H2,1-4H3,(H,51,55)/b11-9-/t29-,30-,31-,38+,46-/m1/s1. The number of hydrogen-bond acceptors (Lipinski definition) is 10. The van der Waals surface area contributed by atoms with Crippen LogP contribution in [0.2, 0.25) is 10.0 Å². The molecule has 2 aliphatic carbocycles. The Bertz CT molecular complexity index is 2500. The van der Waals surface area contributed by atoms with E-state index in [0.29, 0.717) is 64.9 Å². The largest absolute Gasteiger partial charge is 0.496 e. The molecule has 4 heterocycles. The number of methoxy groups -OCH3 is 1. The van der Waals surface area contributed by atoms with Crippen molar-refractivity contribution < 1.29 is 32.3 Å². The van der Waals surface area contributed by atoms with Crippen LogP contribution in [0, 0.1) is 24.2 Å². The van der Waals surface area contributed by atoms with E-state index in [0.717, 1.165) is 52.9 Å². The van der Waals surface area contributed by atoms with E-state index in [9.17, 15) is 18.0 Å². The van der Waals surface area contributed by atoms with Crippen molar-refractivity contribution in [3.63, 3.8) is 0 Å². The van der Waals surface area contributed by atoms with Gasteiger partial charge in [-0.05, 0) is 93.5 Å². The number of sulfonamides is 1. The third-order valence-corrected chi connectivity index (χ3v) is 16.2. The van der Waals surface area contributed by atoms with Gasteiger partial charge in [-0.2, -0.15) is 0 Å². The normalized spacial score (nSPS) is 25.4. The van der Waals surface area contributed by atoms with Crippen LogP contribution in [0.4, 0.5) is 0 Å². The zero-order chi connectivity index (χ0) is 43.2. The van der Waals surface area contributed by atoms with E-state index < -0.39 is 44.7 Å². The molecule has 2 aliphatic heterocycles. The SMILES string of the molecule is COc1ccc2c(O[C@@H]3C[C@H]4C(=O)C[C@]5(C(=O)NS(=O)(=O)C6CC6)C[C@H]5/C=C\CCCCC[C@H](Cc5ccc(Cl)c(Cl)c5)C(=O)N4C3)cc(-c3nc(C(C)C)cs3)nc2c1C. The molecule has 11 nitrogen and oxygen atoms in total. The van der Waals surface area contributed by atoms with Crippen LogP contribution in [0.15, 0.2) is 53.9 Å². The van der Waals surface area contributed by atoms with E-state index in [4.69, 9.17) is 42.6 Å². The molecular weight excluding hydrogens is 856 g/mol. The number of thiazole rings is 1. The number of allylic oxidation sites excluding steroid dienone is 2. The van der Waals surface area contributed by atoms with Crippen molar-refractivity contribution in [1.29, 1.82) is 0 Å². The number of Topliss-reactive ketones (excluding diaryl/α,β-unsaturated/α-hetero) is 1. The molecule has 1 saturated heterocycles. The lowest BCUT2D eigenvalue weighted by molar-refractivity contribution is -0.142. The minimum atomic E-state index is -3.85. The molecule has 1 N–H and O–H groups in total. The lowest BCUT2D eigenvalue weighted by Crippen LogP contribution is -2.46. The highest BCUT2D eigenvalue weighted by Gasteiger charge is 2.61. The van der Waals surface area contributed by atoms with E-state index in [1.807, 2.05) is 48.7 Å². The number of benzene rings is 2. The second-order valence-corrected chi connectivity index (χ2v) is 21.1. The van der Waals surface area contributed by atoms with Crippen LogP contribution in [0.3, 0.4) is 0 Å². The number of fused-ring (bicyclic) bond motifs is 3. The first-order chi connectivity index (χ1) is 29.2. The number of aromatic nitrogens is 2. The van der Waals surface area contributed by atoms with Crippen LogP contribution in [-0.4, -0.2) is 71.9 Å². The number of nitrogens with zero attached hydrogens (tertiary/aromatic N) is 3. The number of carbonyl (C=O) groups excluding carboxylic acids is 3. The van der Waals surface area contributed by atoms with E-state index in [-0.39, 0.29) is 42.9 Å². The lowest BCUT2D eigenvalue weighted by atomic mass is 9.90. The quantitative estimate of drug-likeness (QED) is 0.154. The van der Waals surface area contributed by atoms with Gasteiger partial charge in [-0.15, -0.1) is 11.3 Å². The van der Waals surface area contributed by atoms with Gasteiger partial charge < -0.3 is 14.4 Å². The second-order valence-electron chi connectivity index (χ2n) is 17.5. The predicted molar refractivity (Wildman–Crippen MR) is 239 cm³/mol. The monoisotopic (exact) mass is 906 g/mol. The summed E-state index contributed by atoms with van der Waals surface area (Å²) < 4.78 is 41.0. The summed E-state index contributed by atoms with van der Waals surface area (Å²) >= 11 is 14.2. The summed E-state index contributed by atoms with van der Waals surface area (Å²) in [6.07, 6.45) is 9.14. The summed E-state index contributed by atoms with van der Waals surface area (Å²) in [5, 5.41) is 3.77. The van der Waals surface area contributed by atoms with Crippen molar-refractivity contribution in [1.82, 2.24) is 19.6 Å². The maximum absolute atomic E-state index is 15.0. The maximum Gasteiger partial charge on any atom is 0.240 e. The molecule has 8 rings (SSSR count). The summed E-state index contributed by atoms with van der Waals surface area (Å²) in [6, 6.07) is 10.2. The van der Waals surface area contributed by atoms with Gasteiger partial charge in [-0.25, -0.2) is 18.4 Å². The molecule has 61 heavy (non-hydrogen) atoms. The number of ketones is 1. The molecule has 324 valence electrons.